The second-order valence-electron chi connectivity index (χ2n) is 4.03. The van der Waals surface area contributed by atoms with Gasteiger partial charge >= 0.3 is 0 Å². The molecule has 0 bridgehead atoms. The van der Waals surface area contributed by atoms with Crippen molar-refractivity contribution in [2.75, 3.05) is 13.7 Å². The Morgan fingerprint density at radius 2 is 1.94 bits per heavy atom. The number of para-hydroxylation sites is 1. The zero-order valence-electron chi connectivity index (χ0n) is 10.3. The summed E-state index contributed by atoms with van der Waals surface area (Å²) in [5.74, 6) is 1.17. The molecule has 0 fully saturated rings. The van der Waals surface area contributed by atoms with Crippen molar-refractivity contribution >= 4 is 0 Å². The first-order valence-corrected chi connectivity index (χ1v) is 5.51. The number of ether oxygens (including phenoxy) is 2. The summed E-state index contributed by atoms with van der Waals surface area (Å²) in [5, 5.41) is 0. The fourth-order valence-corrected chi connectivity index (χ4v) is 1.43. The van der Waals surface area contributed by atoms with Gasteiger partial charge in [-0.05, 0) is 19.1 Å². The average Bonchev–Trinajstić information content (AvgIpc) is 2.30. The largest absolute Gasteiger partial charge is 0.491 e. The van der Waals surface area contributed by atoms with Crippen molar-refractivity contribution in [1.82, 2.24) is 0 Å². The third-order valence-corrected chi connectivity index (χ3v) is 2.80. The van der Waals surface area contributed by atoms with Crippen molar-refractivity contribution in [2.45, 2.75) is 20.0 Å². The van der Waals surface area contributed by atoms with Gasteiger partial charge in [0, 0.05) is 13.0 Å². The van der Waals surface area contributed by atoms with Crippen molar-refractivity contribution < 1.29 is 9.47 Å². The molecule has 0 radical (unpaired) electrons. The first-order chi connectivity index (χ1) is 7.65. The average molecular weight is 220 g/mol. The van der Waals surface area contributed by atoms with Gasteiger partial charge in [-0.15, -0.1) is 0 Å². The lowest BCUT2D eigenvalue weighted by Gasteiger charge is -2.23. The van der Waals surface area contributed by atoms with Gasteiger partial charge in [0.15, 0.2) is 0 Å². The van der Waals surface area contributed by atoms with Crippen LogP contribution in [-0.4, -0.2) is 19.8 Å². The third-order valence-electron chi connectivity index (χ3n) is 2.80. The quantitative estimate of drug-likeness (QED) is 0.685. The van der Waals surface area contributed by atoms with Crippen LogP contribution in [0.1, 0.15) is 13.8 Å². The van der Waals surface area contributed by atoms with Crippen LogP contribution >= 0.6 is 0 Å². The van der Waals surface area contributed by atoms with Gasteiger partial charge in [0.05, 0.1) is 6.10 Å². The molecule has 1 rings (SSSR count). The molecule has 0 saturated heterocycles. The third kappa shape index (κ3) is 3.70. The van der Waals surface area contributed by atoms with E-state index >= 15 is 0 Å². The summed E-state index contributed by atoms with van der Waals surface area (Å²) in [7, 11) is 1.71. The highest BCUT2D eigenvalue weighted by molar-refractivity contribution is 5.21. The Hall–Kier alpha value is -1.28. The molecular weight excluding hydrogens is 200 g/mol. The summed E-state index contributed by atoms with van der Waals surface area (Å²) in [4.78, 5) is 0. The summed E-state index contributed by atoms with van der Waals surface area (Å²) in [6.07, 6.45) is 0.0534. The second kappa shape index (κ2) is 6.33. The zero-order chi connectivity index (χ0) is 12.0. The van der Waals surface area contributed by atoms with Crippen molar-refractivity contribution in [3.05, 3.63) is 42.5 Å². The molecule has 0 N–H and O–H groups in total. The van der Waals surface area contributed by atoms with Crippen LogP contribution in [0.4, 0.5) is 0 Å². The predicted molar refractivity (Wildman–Crippen MR) is 66.7 cm³/mol. The zero-order valence-corrected chi connectivity index (χ0v) is 10.3. The molecule has 0 aromatic heterocycles. The predicted octanol–water partition coefficient (Wildman–Crippen LogP) is 3.29. The molecule has 0 heterocycles. The number of benzene rings is 1. The van der Waals surface area contributed by atoms with Crippen LogP contribution in [0.25, 0.3) is 0 Å². The molecule has 2 nitrogen and oxygen atoms in total. The molecule has 0 unspecified atom stereocenters. The number of rotatable bonds is 6. The van der Waals surface area contributed by atoms with Crippen molar-refractivity contribution in [3.63, 3.8) is 0 Å². The van der Waals surface area contributed by atoms with E-state index in [-0.39, 0.29) is 6.10 Å². The van der Waals surface area contributed by atoms with Gasteiger partial charge in [-0.2, -0.15) is 0 Å². The number of hydrogen-bond acceptors (Lipinski definition) is 2. The highest BCUT2D eigenvalue weighted by Crippen LogP contribution is 2.17. The minimum atomic E-state index is 0.0534. The SMILES string of the molecule is C=C(C)[C@@H](C)[C@@H](COc1ccccc1)OC. The molecule has 0 saturated carbocycles. The van der Waals surface area contributed by atoms with Crippen LogP contribution in [0.15, 0.2) is 42.5 Å². The van der Waals surface area contributed by atoms with Crippen LogP contribution in [0.5, 0.6) is 5.75 Å². The molecule has 1 aromatic rings. The Bertz CT molecular complexity index is 319. The van der Waals surface area contributed by atoms with E-state index in [1.807, 2.05) is 37.3 Å². The molecule has 0 aliphatic carbocycles. The summed E-state index contributed by atoms with van der Waals surface area (Å²) in [6.45, 7) is 8.61. The van der Waals surface area contributed by atoms with Gasteiger partial charge in [-0.25, -0.2) is 0 Å². The lowest BCUT2D eigenvalue weighted by Crippen LogP contribution is -2.28. The van der Waals surface area contributed by atoms with E-state index in [4.69, 9.17) is 9.47 Å². The lowest BCUT2D eigenvalue weighted by atomic mass is 9.98. The summed E-state index contributed by atoms with van der Waals surface area (Å²) in [5.41, 5.74) is 1.11. The smallest absolute Gasteiger partial charge is 0.119 e. The van der Waals surface area contributed by atoms with E-state index < -0.39 is 0 Å². The Morgan fingerprint density at radius 3 is 2.44 bits per heavy atom. The van der Waals surface area contributed by atoms with E-state index in [1.54, 1.807) is 7.11 Å². The molecule has 88 valence electrons. The van der Waals surface area contributed by atoms with Crippen LogP contribution in [0.2, 0.25) is 0 Å². The van der Waals surface area contributed by atoms with E-state index in [1.165, 1.54) is 0 Å². The summed E-state index contributed by atoms with van der Waals surface area (Å²) >= 11 is 0. The normalized spacial score (nSPS) is 14.2. The standard InChI is InChI=1S/C14H20O2/c1-11(2)12(3)14(15-4)10-16-13-8-6-5-7-9-13/h5-9,12,14H,1,10H2,2-4H3/t12-,14-/m1/s1. The molecule has 0 aliphatic heterocycles. The molecule has 2 atom stereocenters. The van der Waals surface area contributed by atoms with E-state index in [0.717, 1.165) is 11.3 Å². The van der Waals surface area contributed by atoms with Gasteiger partial charge in [0.25, 0.3) is 0 Å². The van der Waals surface area contributed by atoms with Crippen LogP contribution in [0.3, 0.4) is 0 Å². The van der Waals surface area contributed by atoms with Crippen molar-refractivity contribution in [2.24, 2.45) is 5.92 Å². The Labute approximate surface area is 97.9 Å². The minimum absolute atomic E-state index is 0.0534. The van der Waals surface area contributed by atoms with E-state index in [2.05, 4.69) is 13.5 Å². The van der Waals surface area contributed by atoms with Gasteiger partial charge < -0.3 is 9.47 Å². The lowest BCUT2D eigenvalue weighted by molar-refractivity contribution is 0.0311. The molecular formula is C14H20O2. The second-order valence-corrected chi connectivity index (χ2v) is 4.03. The summed E-state index contributed by atoms with van der Waals surface area (Å²) in [6, 6.07) is 9.77. The van der Waals surface area contributed by atoms with Gasteiger partial charge in [0.1, 0.15) is 12.4 Å². The molecule has 2 heteroatoms. The van der Waals surface area contributed by atoms with Crippen molar-refractivity contribution in [1.29, 1.82) is 0 Å². The van der Waals surface area contributed by atoms with E-state index in [9.17, 15) is 0 Å². The first kappa shape index (κ1) is 12.8. The van der Waals surface area contributed by atoms with Crippen LogP contribution < -0.4 is 4.74 Å². The highest BCUT2D eigenvalue weighted by atomic mass is 16.5. The topological polar surface area (TPSA) is 18.5 Å². The van der Waals surface area contributed by atoms with Crippen LogP contribution in [0, 0.1) is 5.92 Å². The highest BCUT2D eigenvalue weighted by Gasteiger charge is 2.17. The van der Waals surface area contributed by atoms with Gasteiger partial charge in [0.2, 0.25) is 0 Å². The van der Waals surface area contributed by atoms with E-state index in [0.29, 0.717) is 12.5 Å². The monoisotopic (exact) mass is 220 g/mol. The molecule has 0 aliphatic rings. The van der Waals surface area contributed by atoms with Gasteiger partial charge in [-0.1, -0.05) is 37.3 Å². The fourth-order valence-electron chi connectivity index (χ4n) is 1.43. The maximum Gasteiger partial charge on any atom is 0.119 e. The minimum Gasteiger partial charge on any atom is -0.491 e. The maximum atomic E-state index is 5.66. The fraction of sp³-hybridized carbons (Fsp3) is 0.429. The maximum absolute atomic E-state index is 5.66. The number of methoxy groups -OCH3 is 1. The molecule has 16 heavy (non-hydrogen) atoms. The van der Waals surface area contributed by atoms with Crippen LogP contribution in [-0.2, 0) is 4.74 Å². The Morgan fingerprint density at radius 1 is 1.31 bits per heavy atom. The Kier molecular flexibility index (Phi) is 5.06. The molecule has 0 amide bonds. The molecule has 0 spiro atoms. The van der Waals surface area contributed by atoms with Gasteiger partial charge in [-0.3, -0.25) is 0 Å². The Balaban J connectivity index is 2.49. The number of hydrogen-bond donors (Lipinski definition) is 0. The first-order valence-electron chi connectivity index (χ1n) is 5.51. The van der Waals surface area contributed by atoms with Crippen molar-refractivity contribution in [3.8, 4) is 5.75 Å². The molecule has 1 aromatic carbocycles. The summed E-state index contributed by atoms with van der Waals surface area (Å²) < 4.78 is 11.1.